The number of hydrogen-bond acceptors (Lipinski definition) is 2. The summed E-state index contributed by atoms with van der Waals surface area (Å²) in [4.78, 5) is 11.2. The molecular weight excluding hydrogens is 346 g/mol. The highest BCUT2D eigenvalue weighted by atomic mass is 35.5. The van der Waals surface area contributed by atoms with Crippen LogP contribution in [0, 0.1) is 0 Å². The smallest absolute Gasteiger partial charge is 0.221 e. The van der Waals surface area contributed by atoms with Crippen molar-refractivity contribution >= 4 is 23.2 Å². The van der Waals surface area contributed by atoms with E-state index in [9.17, 15) is 4.79 Å². The maximum Gasteiger partial charge on any atom is 0.221 e. The van der Waals surface area contributed by atoms with Crippen LogP contribution in [0.1, 0.15) is 18.1 Å². The van der Waals surface area contributed by atoms with Crippen molar-refractivity contribution in [3.8, 4) is 16.9 Å². The fourth-order valence-electron chi connectivity index (χ4n) is 2.94. The van der Waals surface area contributed by atoms with E-state index in [1.807, 2.05) is 48.5 Å². The number of ether oxygens (including phenoxy) is 1. The molecule has 0 aromatic heterocycles. The molecule has 3 nitrogen and oxygen atoms in total. The highest BCUT2D eigenvalue weighted by molar-refractivity contribution is 6.30. The standard InChI is InChI=1S/C22H20ClNO2/c1-15(25)24-20-8-3-5-16(12-20)11-17-9-10-22(26-2)21(13-17)18-6-4-7-19(23)14-18/h3-10,12-14H,11H2,1-2H3,(H,24,25). The largest absolute Gasteiger partial charge is 0.496 e. The quantitative estimate of drug-likeness (QED) is 0.642. The second kappa shape index (κ2) is 8.07. The number of halogens is 1. The zero-order valence-electron chi connectivity index (χ0n) is 14.8. The van der Waals surface area contributed by atoms with E-state index in [-0.39, 0.29) is 5.91 Å². The Hall–Kier alpha value is -2.78. The average molecular weight is 366 g/mol. The number of carbonyl (C=O) groups is 1. The van der Waals surface area contributed by atoms with Gasteiger partial charge in [-0.2, -0.15) is 0 Å². The van der Waals surface area contributed by atoms with Gasteiger partial charge in [0.15, 0.2) is 0 Å². The molecule has 3 aromatic rings. The maximum atomic E-state index is 11.2. The van der Waals surface area contributed by atoms with E-state index < -0.39 is 0 Å². The lowest BCUT2D eigenvalue weighted by Crippen LogP contribution is -2.05. The topological polar surface area (TPSA) is 38.3 Å². The Morgan fingerprint density at radius 3 is 2.50 bits per heavy atom. The highest BCUT2D eigenvalue weighted by Gasteiger charge is 2.09. The fourth-order valence-corrected chi connectivity index (χ4v) is 3.14. The first kappa shape index (κ1) is 18.0. The van der Waals surface area contributed by atoms with Crippen LogP contribution in [0.3, 0.4) is 0 Å². The first-order chi connectivity index (χ1) is 12.5. The number of carbonyl (C=O) groups excluding carboxylic acids is 1. The molecule has 1 amide bonds. The number of hydrogen-bond donors (Lipinski definition) is 1. The molecule has 0 bridgehead atoms. The van der Waals surface area contributed by atoms with E-state index >= 15 is 0 Å². The minimum atomic E-state index is -0.0742. The molecule has 3 aromatic carbocycles. The maximum absolute atomic E-state index is 11.2. The van der Waals surface area contributed by atoms with Gasteiger partial charge in [-0.25, -0.2) is 0 Å². The predicted octanol–water partition coefficient (Wildman–Crippen LogP) is 5.56. The van der Waals surface area contributed by atoms with E-state index in [2.05, 4.69) is 23.5 Å². The Kier molecular flexibility index (Phi) is 5.59. The Morgan fingerprint density at radius 1 is 1.00 bits per heavy atom. The molecule has 0 atom stereocenters. The molecule has 0 aliphatic heterocycles. The summed E-state index contributed by atoms with van der Waals surface area (Å²) in [5, 5.41) is 3.51. The second-order valence-corrected chi connectivity index (χ2v) is 6.54. The van der Waals surface area contributed by atoms with Crippen molar-refractivity contribution in [2.45, 2.75) is 13.3 Å². The first-order valence-electron chi connectivity index (χ1n) is 8.34. The summed E-state index contributed by atoms with van der Waals surface area (Å²) in [5.74, 6) is 0.734. The van der Waals surface area contributed by atoms with Gasteiger partial charge in [0, 0.05) is 23.2 Å². The Balaban J connectivity index is 1.92. The molecule has 0 aliphatic rings. The molecule has 0 fully saturated rings. The molecule has 0 spiro atoms. The number of anilines is 1. The zero-order chi connectivity index (χ0) is 18.5. The second-order valence-electron chi connectivity index (χ2n) is 6.10. The third kappa shape index (κ3) is 4.44. The summed E-state index contributed by atoms with van der Waals surface area (Å²) in [6, 6.07) is 21.8. The van der Waals surface area contributed by atoms with Crippen LogP contribution in [0.15, 0.2) is 66.7 Å². The normalized spacial score (nSPS) is 10.4. The Bertz CT molecular complexity index is 937. The molecule has 0 aliphatic carbocycles. The van der Waals surface area contributed by atoms with Crippen molar-refractivity contribution in [3.05, 3.63) is 82.9 Å². The van der Waals surface area contributed by atoms with Crippen molar-refractivity contribution in [2.24, 2.45) is 0 Å². The Labute approximate surface area is 158 Å². The summed E-state index contributed by atoms with van der Waals surface area (Å²) in [6.07, 6.45) is 0.755. The van der Waals surface area contributed by atoms with Crippen LogP contribution in [-0.4, -0.2) is 13.0 Å². The van der Waals surface area contributed by atoms with Crippen molar-refractivity contribution in [2.75, 3.05) is 12.4 Å². The molecule has 0 saturated heterocycles. The van der Waals surface area contributed by atoms with E-state index in [1.165, 1.54) is 6.92 Å². The van der Waals surface area contributed by atoms with E-state index in [0.717, 1.165) is 40.1 Å². The summed E-state index contributed by atoms with van der Waals surface area (Å²) in [7, 11) is 1.67. The van der Waals surface area contributed by atoms with Gasteiger partial charge in [0.2, 0.25) is 5.91 Å². The van der Waals surface area contributed by atoms with Crippen LogP contribution < -0.4 is 10.1 Å². The number of amides is 1. The van der Waals surface area contributed by atoms with Gasteiger partial charge < -0.3 is 10.1 Å². The van der Waals surface area contributed by atoms with Gasteiger partial charge in [-0.05, 0) is 59.5 Å². The van der Waals surface area contributed by atoms with Crippen molar-refractivity contribution in [3.63, 3.8) is 0 Å². The number of methoxy groups -OCH3 is 1. The lowest BCUT2D eigenvalue weighted by atomic mass is 9.98. The van der Waals surface area contributed by atoms with Crippen LogP contribution >= 0.6 is 11.6 Å². The van der Waals surface area contributed by atoms with Crippen molar-refractivity contribution < 1.29 is 9.53 Å². The van der Waals surface area contributed by atoms with Gasteiger partial charge in [0.05, 0.1) is 7.11 Å². The van der Waals surface area contributed by atoms with Gasteiger partial charge in [-0.1, -0.05) is 41.9 Å². The predicted molar refractivity (Wildman–Crippen MR) is 107 cm³/mol. The first-order valence-corrected chi connectivity index (χ1v) is 8.72. The third-order valence-corrected chi connectivity index (χ3v) is 4.29. The molecule has 26 heavy (non-hydrogen) atoms. The van der Waals surface area contributed by atoms with Gasteiger partial charge in [0.25, 0.3) is 0 Å². The Morgan fingerprint density at radius 2 is 1.77 bits per heavy atom. The molecule has 0 saturated carbocycles. The molecule has 0 radical (unpaired) electrons. The molecule has 0 heterocycles. The third-order valence-electron chi connectivity index (χ3n) is 4.06. The molecular formula is C22H20ClNO2. The molecule has 132 valence electrons. The average Bonchev–Trinajstić information content (AvgIpc) is 2.61. The number of benzene rings is 3. The van der Waals surface area contributed by atoms with Crippen LogP contribution in [0.25, 0.3) is 11.1 Å². The minimum Gasteiger partial charge on any atom is -0.496 e. The highest BCUT2D eigenvalue weighted by Crippen LogP contribution is 2.33. The molecule has 3 rings (SSSR count). The van der Waals surface area contributed by atoms with E-state index in [1.54, 1.807) is 7.11 Å². The molecule has 1 N–H and O–H groups in total. The van der Waals surface area contributed by atoms with Crippen LogP contribution in [0.2, 0.25) is 5.02 Å². The van der Waals surface area contributed by atoms with Crippen LogP contribution in [0.4, 0.5) is 5.69 Å². The summed E-state index contributed by atoms with van der Waals surface area (Å²) in [6.45, 7) is 1.51. The lowest BCUT2D eigenvalue weighted by molar-refractivity contribution is -0.114. The molecule has 0 unspecified atom stereocenters. The number of nitrogens with one attached hydrogen (secondary N) is 1. The van der Waals surface area contributed by atoms with E-state index in [0.29, 0.717) is 5.02 Å². The molecule has 4 heteroatoms. The summed E-state index contributed by atoms with van der Waals surface area (Å²) in [5.41, 5.74) is 5.10. The van der Waals surface area contributed by atoms with Crippen LogP contribution in [-0.2, 0) is 11.2 Å². The summed E-state index contributed by atoms with van der Waals surface area (Å²) < 4.78 is 5.52. The lowest BCUT2D eigenvalue weighted by Gasteiger charge is -2.12. The van der Waals surface area contributed by atoms with Gasteiger partial charge in [-0.15, -0.1) is 0 Å². The zero-order valence-corrected chi connectivity index (χ0v) is 15.5. The monoisotopic (exact) mass is 365 g/mol. The fraction of sp³-hybridized carbons (Fsp3) is 0.136. The van der Waals surface area contributed by atoms with Crippen LogP contribution in [0.5, 0.6) is 5.75 Å². The van der Waals surface area contributed by atoms with Gasteiger partial charge in [-0.3, -0.25) is 4.79 Å². The van der Waals surface area contributed by atoms with Gasteiger partial charge >= 0.3 is 0 Å². The summed E-state index contributed by atoms with van der Waals surface area (Å²) >= 11 is 6.14. The number of rotatable bonds is 5. The minimum absolute atomic E-state index is 0.0742. The van der Waals surface area contributed by atoms with Crippen molar-refractivity contribution in [1.29, 1.82) is 0 Å². The van der Waals surface area contributed by atoms with E-state index in [4.69, 9.17) is 16.3 Å². The van der Waals surface area contributed by atoms with Crippen molar-refractivity contribution in [1.82, 2.24) is 0 Å². The van der Waals surface area contributed by atoms with Gasteiger partial charge in [0.1, 0.15) is 5.75 Å². The SMILES string of the molecule is COc1ccc(Cc2cccc(NC(C)=O)c2)cc1-c1cccc(Cl)c1.